The molecule has 1 aliphatic carbocycles. The van der Waals surface area contributed by atoms with Crippen LogP contribution in [0.3, 0.4) is 0 Å². The van der Waals surface area contributed by atoms with E-state index < -0.39 is 17.1 Å². The number of H-pyrrole nitrogens is 1. The van der Waals surface area contributed by atoms with Crippen LogP contribution in [0.2, 0.25) is 5.15 Å². The summed E-state index contributed by atoms with van der Waals surface area (Å²) in [5.74, 6) is -0.551. The topological polar surface area (TPSA) is 54.9 Å². The second-order valence-corrected chi connectivity index (χ2v) is 6.36. The van der Waals surface area contributed by atoms with Crippen LogP contribution in [0.25, 0.3) is 11.1 Å². The van der Waals surface area contributed by atoms with Crippen LogP contribution in [0.4, 0.5) is 4.39 Å². The number of aromatic nitrogens is 2. The van der Waals surface area contributed by atoms with Gasteiger partial charge in [-0.05, 0) is 17.9 Å². The van der Waals surface area contributed by atoms with Crippen LogP contribution in [0, 0.1) is 11.2 Å². The highest BCUT2D eigenvalue weighted by Gasteiger charge is 2.49. The highest BCUT2D eigenvalue weighted by atomic mass is 35.5. The van der Waals surface area contributed by atoms with E-state index in [1.54, 1.807) is 6.07 Å². The maximum Gasteiger partial charge on any atom is 0.329 e. The van der Waals surface area contributed by atoms with Gasteiger partial charge in [-0.25, -0.2) is 9.18 Å². The number of aromatic amines is 1. The average molecular weight is 309 g/mol. The first-order chi connectivity index (χ1) is 9.83. The zero-order chi connectivity index (χ0) is 15.4. The van der Waals surface area contributed by atoms with Crippen molar-refractivity contribution in [3.05, 3.63) is 56.1 Å². The minimum absolute atomic E-state index is 0.00272. The molecule has 0 amide bonds. The normalized spacial score (nSPS) is 19.5. The SMILES string of the molecule is CC1(C)CC1n1c(=O)[nH]c(Cl)c(-c2ccccc2F)c1=O. The first kappa shape index (κ1) is 14.1. The van der Waals surface area contributed by atoms with E-state index in [0.29, 0.717) is 0 Å². The number of nitrogens with one attached hydrogen (secondary N) is 1. The molecule has 0 radical (unpaired) electrons. The predicted octanol–water partition coefficient (Wildman–Crippen LogP) is 2.97. The lowest BCUT2D eigenvalue weighted by Crippen LogP contribution is -2.36. The quantitative estimate of drug-likeness (QED) is 0.867. The van der Waals surface area contributed by atoms with E-state index in [-0.39, 0.29) is 27.7 Å². The number of benzene rings is 1. The zero-order valence-electron chi connectivity index (χ0n) is 11.6. The van der Waals surface area contributed by atoms with Gasteiger partial charge in [0.05, 0.1) is 5.56 Å². The van der Waals surface area contributed by atoms with Crippen molar-refractivity contribution in [3.8, 4) is 11.1 Å². The summed E-state index contributed by atoms with van der Waals surface area (Å²) in [6.07, 6.45) is 0.730. The van der Waals surface area contributed by atoms with Crippen LogP contribution in [0.1, 0.15) is 26.3 Å². The molecular weight excluding hydrogens is 295 g/mol. The van der Waals surface area contributed by atoms with E-state index >= 15 is 0 Å². The molecule has 3 rings (SSSR count). The number of hydrogen-bond donors (Lipinski definition) is 1. The van der Waals surface area contributed by atoms with Gasteiger partial charge in [-0.15, -0.1) is 0 Å². The van der Waals surface area contributed by atoms with Gasteiger partial charge in [0.1, 0.15) is 11.0 Å². The van der Waals surface area contributed by atoms with Gasteiger partial charge in [0.25, 0.3) is 5.56 Å². The fourth-order valence-electron chi connectivity index (χ4n) is 2.58. The van der Waals surface area contributed by atoms with E-state index in [4.69, 9.17) is 11.6 Å². The Hall–Kier alpha value is -1.88. The van der Waals surface area contributed by atoms with Gasteiger partial charge in [0.2, 0.25) is 0 Å². The molecule has 1 aromatic heterocycles. The van der Waals surface area contributed by atoms with Crippen LogP contribution in [-0.2, 0) is 0 Å². The van der Waals surface area contributed by atoms with Crippen LogP contribution < -0.4 is 11.2 Å². The Morgan fingerprint density at radius 3 is 2.52 bits per heavy atom. The predicted molar refractivity (Wildman–Crippen MR) is 79.2 cm³/mol. The highest BCUT2D eigenvalue weighted by Crippen LogP contribution is 2.54. The molecule has 0 aliphatic heterocycles. The second-order valence-electron chi connectivity index (χ2n) is 5.98. The van der Waals surface area contributed by atoms with Crippen LogP contribution in [0.15, 0.2) is 33.9 Å². The third-order valence-electron chi connectivity index (χ3n) is 4.00. The average Bonchev–Trinajstić information content (AvgIpc) is 2.99. The van der Waals surface area contributed by atoms with Crippen LogP contribution in [0.5, 0.6) is 0 Å². The Labute approximate surface area is 125 Å². The summed E-state index contributed by atoms with van der Waals surface area (Å²) in [6, 6.07) is 5.68. The molecule has 6 heteroatoms. The minimum Gasteiger partial charge on any atom is -0.297 e. The molecule has 1 heterocycles. The lowest BCUT2D eigenvalue weighted by molar-refractivity contribution is 0.514. The van der Waals surface area contributed by atoms with Gasteiger partial charge < -0.3 is 0 Å². The summed E-state index contributed by atoms with van der Waals surface area (Å²) in [5.41, 5.74) is -1.13. The van der Waals surface area contributed by atoms with E-state index in [0.717, 1.165) is 11.0 Å². The fourth-order valence-corrected chi connectivity index (χ4v) is 2.85. The van der Waals surface area contributed by atoms with Gasteiger partial charge in [-0.3, -0.25) is 14.3 Å². The molecule has 4 nitrogen and oxygen atoms in total. The molecule has 1 atom stereocenters. The summed E-state index contributed by atoms with van der Waals surface area (Å²) in [4.78, 5) is 27.1. The van der Waals surface area contributed by atoms with E-state index in [9.17, 15) is 14.0 Å². The minimum atomic E-state index is -0.555. The molecule has 1 unspecified atom stereocenters. The molecule has 0 spiro atoms. The molecule has 2 aromatic rings. The van der Waals surface area contributed by atoms with Crippen molar-refractivity contribution in [2.45, 2.75) is 26.3 Å². The molecule has 21 heavy (non-hydrogen) atoms. The molecule has 0 saturated heterocycles. The van der Waals surface area contributed by atoms with Crippen molar-refractivity contribution in [2.24, 2.45) is 5.41 Å². The van der Waals surface area contributed by atoms with Gasteiger partial charge >= 0.3 is 5.69 Å². The Balaban J connectivity index is 2.29. The van der Waals surface area contributed by atoms with Crippen LogP contribution >= 0.6 is 11.6 Å². The van der Waals surface area contributed by atoms with Crippen molar-refractivity contribution in [1.82, 2.24) is 9.55 Å². The highest BCUT2D eigenvalue weighted by molar-refractivity contribution is 6.32. The summed E-state index contributed by atoms with van der Waals surface area (Å²) in [5, 5.41) is -0.134. The van der Waals surface area contributed by atoms with E-state index in [2.05, 4.69) is 4.98 Å². The smallest absolute Gasteiger partial charge is 0.297 e. The zero-order valence-corrected chi connectivity index (χ0v) is 12.4. The van der Waals surface area contributed by atoms with Gasteiger partial charge in [-0.2, -0.15) is 0 Å². The maximum absolute atomic E-state index is 13.9. The molecule has 110 valence electrons. The number of hydrogen-bond acceptors (Lipinski definition) is 2. The Bertz CT molecular complexity index is 838. The first-order valence-electron chi connectivity index (χ1n) is 6.62. The number of nitrogens with zero attached hydrogens (tertiary/aromatic N) is 1. The summed E-state index contributed by atoms with van der Waals surface area (Å²) in [6.45, 7) is 3.95. The molecular formula is C15H14ClFN2O2. The van der Waals surface area contributed by atoms with Crippen molar-refractivity contribution in [1.29, 1.82) is 0 Å². The van der Waals surface area contributed by atoms with Gasteiger partial charge in [0.15, 0.2) is 0 Å². The largest absolute Gasteiger partial charge is 0.329 e. The molecule has 1 saturated carbocycles. The Kier molecular flexibility index (Phi) is 3.06. The molecule has 1 fully saturated rings. The van der Waals surface area contributed by atoms with E-state index in [1.807, 2.05) is 13.8 Å². The first-order valence-corrected chi connectivity index (χ1v) is 7.00. The lowest BCUT2D eigenvalue weighted by atomic mass is 10.1. The third-order valence-corrected chi connectivity index (χ3v) is 4.29. The lowest BCUT2D eigenvalue weighted by Gasteiger charge is -2.11. The second kappa shape index (κ2) is 4.56. The van der Waals surface area contributed by atoms with Crippen molar-refractivity contribution >= 4 is 11.6 Å². The molecule has 0 bridgehead atoms. The van der Waals surface area contributed by atoms with Gasteiger partial charge in [-0.1, -0.05) is 43.6 Å². The molecule has 1 N–H and O–H groups in total. The molecule has 1 aromatic carbocycles. The maximum atomic E-state index is 13.9. The van der Waals surface area contributed by atoms with Crippen molar-refractivity contribution < 1.29 is 4.39 Å². The van der Waals surface area contributed by atoms with Crippen molar-refractivity contribution in [2.75, 3.05) is 0 Å². The summed E-state index contributed by atoms with van der Waals surface area (Å²) < 4.78 is 15.1. The third kappa shape index (κ3) is 2.21. The number of halogens is 2. The molecule has 1 aliphatic rings. The fraction of sp³-hybridized carbons (Fsp3) is 0.333. The summed E-state index contributed by atoms with van der Waals surface area (Å²) in [7, 11) is 0. The Morgan fingerprint density at radius 2 is 1.95 bits per heavy atom. The standard InChI is InChI=1S/C15H14ClFN2O2/c1-15(2)7-10(15)19-13(20)11(12(16)18-14(19)21)8-5-3-4-6-9(8)17/h3-6,10H,7H2,1-2H3,(H,18,21). The monoisotopic (exact) mass is 308 g/mol. The van der Waals surface area contributed by atoms with Crippen LogP contribution in [-0.4, -0.2) is 9.55 Å². The summed E-state index contributed by atoms with van der Waals surface area (Å²) >= 11 is 5.97. The van der Waals surface area contributed by atoms with Crippen molar-refractivity contribution in [3.63, 3.8) is 0 Å². The Morgan fingerprint density at radius 1 is 1.33 bits per heavy atom. The van der Waals surface area contributed by atoms with Gasteiger partial charge in [0, 0.05) is 11.6 Å². The van der Waals surface area contributed by atoms with E-state index in [1.165, 1.54) is 18.2 Å². The number of rotatable bonds is 2.